The van der Waals surface area contributed by atoms with Crippen molar-refractivity contribution in [2.24, 2.45) is 0 Å². The van der Waals surface area contributed by atoms with Crippen LogP contribution in [0.15, 0.2) is 35.7 Å². The summed E-state index contributed by atoms with van der Waals surface area (Å²) in [6, 6.07) is 11.0. The molecule has 0 fully saturated rings. The predicted molar refractivity (Wildman–Crippen MR) is 90.0 cm³/mol. The fraction of sp³-hybridized carbons (Fsp3) is 0.412. The van der Waals surface area contributed by atoms with Crippen molar-refractivity contribution in [1.29, 1.82) is 0 Å². The molecule has 1 nitrogen and oxygen atoms in total. The molecule has 0 aliphatic rings. The Morgan fingerprint density at radius 1 is 1.15 bits per heavy atom. The van der Waals surface area contributed by atoms with Crippen LogP contribution >= 0.6 is 22.9 Å². The van der Waals surface area contributed by atoms with Gasteiger partial charge in [0.25, 0.3) is 0 Å². The Bertz CT molecular complexity index is 551. The van der Waals surface area contributed by atoms with Gasteiger partial charge >= 0.3 is 0 Å². The lowest BCUT2D eigenvalue weighted by atomic mass is 9.86. The SMILES string of the molecule is CCNC(c1ccc(C(C)(C)C)cc1)c1sccc1Cl. The Labute approximate surface area is 131 Å². The van der Waals surface area contributed by atoms with Crippen LogP contribution in [-0.4, -0.2) is 6.54 Å². The summed E-state index contributed by atoms with van der Waals surface area (Å²) >= 11 is 8.00. The first kappa shape index (κ1) is 15.6. The van der Waals surface area contributed by atoms with Crippen molar-refractivity contribution in [3.05, 3.63) is 56.7 Å². The van der Waals surface area contributed by atoms with Gasteiger partial charge in [-0.3, -0.25) is 0 Å². The maximum absolute atomic E-state index is 6.29. The van der Waals surface area contributed by atoms with Gasteiger partial charge in [0.15, 0.2) is 0 Å². The fourth-order valence-electron chi connectivity index (χ4n) is 2.25. The van der Waals surface area contributed by atoms with Crippen LogP contribution in [0.4, 0.5) is 0 Å². The van der Waals surface area contributed by atoms with E-state index in [-0.39, 0.29) is 11.5 Å². The molecule has 0 aliphatic carbocycles. The molecule has 1 N–H and O–H groups in total. The van der Waals surface area contributed by atoms with Gasteiger partial charge in [-0.25, -0.2) is 0 Å². The van der Waals surface area contributed by atoms with Crippen molar-refractivity contribution in [2.75, 3.05) is 6.54 Å². The van der Waals surface area contributed by atoms with Crippen LogP contribution in [0.25, 0.3) is 0 Å². The maximum Gasteiger partial charge on any atom is 0.0686 e. The molecule has 0 radical (unpaired) electrons. The summed E-state index contributed by atoms with van der Waals surface area (Å²) in [7, 11) is 0. The molecule has 0 saturated carbocycles. The van der Waals surface area contributed by atoms with Gasteiger partial charge in [0.2, 0.25) is 0 Å². The quantitative estimate of drug-likeness (QED) is 0.797. The molecule has 0 spiro atoms. The Hall–Kier alpha value is -0.830. The molecule has 108 valence electrons. The largest absolute Gasteiger partial charge is 0.306 e. The number of nitrogens with one attached hydrogen (secondary N) is 1. The Morgan fingerprint density at radius 3 is 2.25 bits per heavy atom. The highest BCUT2D eigenvalue weighted by Crippen LogP contribution is 2.33. The van der Waals surface area contributed by atoms with Crippen molar-refractivity contribution >= 4 is 22.9 Å². The van der Waals surface area contributed by atoms with Crippen molar-refractivity contribution in [2.45, 2.75) is 39.2 Å². The molecule has 0 saturated heterocycles. The molecule has 1 atom stereocenters. The first-order valence-corrected chi connectivity index (χ1v) is 8.26. The highest BCUT2D eigenvalue weighted by Gasteiger charge is 2.19. The van der Waals surface area contributed by atoms with E-state index < -0.39 is 0 Å². The minimum absolute atomic E-state index is 0.182. The van der Waals surface area contributed by atoms with Gasteiger partial charge in [-0.2, -0.15) is 0 Å². The van der Waals surface area contributed by atoms with Gasteiger partial charge in [0.1, 0.15) is 0 Å². The second-order valence-electron chi connectivity index (χ2n) is 6.00. The zero-order valence-electron chi connectivity index (χ0n) is 12.5. The number of benzene rings is 1. The third-order valence-electron chi connectivity index (χ3n) is 3.43. The fourth-order valence-corrected chi connectivity index (χ4v) is 3.52. The summed E-state index contributed by atoms with van der Waals surface area (Å²) in [6.07, 6.45) is 0. The topological polar surface area (TPSA) is 12.0 Å². The average Bonchev–Trinajstić information content (AvgIpc) is 2.81. The molecule has 0 bridgehead atoms. The smallest absolute Gasteiger partial charge is 0.0686 e. The molecular formula is C17H22ClNS. The van der Waals surface area contributed by atoms with E-state index in [1.54, 1.807) is 11.3 Å². The summed E-state index contributed by atoms with van der Waals surface area (Å²) in [6.45, 7) is 9.75. The van der Waals surface area contributed by atoms with Crippen molar-refractivity contribution < 1.29 is 0 Å². The van der Waals surface area contributed by atoms with E-state index in [9.17, 15) is 0 Å². The lowest BCUT2D eigenvalue weighted by molar-refractivity contribution is 0.588. The number of halogens is 1. The number of thiophene rings is 1. The van der Waals surface area contributed by atoms with Crippen LogP contribution in [0.3, 0.4) is 0 Å². The van der Waals surface area contributed by atoms with E-state index in [0.717, 1.165) is 11.6 Å². The minimum Gasteiger partial charge on any atom is -0.306 e. The summed E-state index contributed by atoms with van der Waals surface area (Å²) < 4.78 is 0. The first-order chi connectivity index (χ1) is 9.43. The van der Waals surface area contributed by atoms with E-state index in [1.165, 1.54) is 16.0 Å². The van der Waals surface area contributed by atoms with Gasteiger partial charge in [0.05, 0.1) is 11.1 Å². The molecule has 20 heavy (non-hydrogen) atoms. The van der Waals surface area contributed by atoms with Crippen molar-refractivity contribution in [1.82, 2.24) is 5.32 Å². The monoisotopic (exact) mass is 307 g/mol. The summed E-state index contributed by atoms with van der Waals surface area (Å²) in [5, 5.41) is 6.42. The van der Waals surface area contributed by atoms with Crippen LogP contribution in [0.1, 0.15) is 49.7 Å². The van der Waals surface area contributed by atoms with Gasteiger partial charge in [-0.05, 0) is 34.5 Å². The van der Waals surface area contributed by atoms with E-state index in [1.807, 2.05) is 11.4 Å². The predicted octanol–water partition coefficient (Wildman–Crippen LogP) is 5.40. The zero-order valence-corrected chi connectivity index (χ0v) is 14.1. The molecule has 1 heterocycles. The highest BCUT2D eigenvalue weighted by atomic mass is 35.5. The molecular weight excluding hydrogens is 286 g/mol. The van der Waals surface area contributed by atoms with Crippen LogP contribution in [0, 0.1) is 0 Å². The first-order valence-electron chi connectivity index (χ1n) is 7.00. The standard InChI is InChI=1S/C17H22ClNS/c1-5-19-15(16-14(18)10-11-20-16)12-6-8-13(9-7-12)17(2,3)4/h6-11,15,19H,5H2,1-4H3. The number of hydrogen-bond acceptors (Lipinski definition) is 2. The molecule has 0 amide bonds. The Kier molecular flexibility index (Phi) is 4.90. The van der Waals surface area contributed by atoms with Gasteiger partial charge < -0.3 is 5.32 Å². The Balaban J connectivity index is 2.33. The van der Waals surface area contributed by atoms with Crippen LogP contribution in [0.2, 0.25) is 5.02 Å². The van der Waals surface area contributed by atoms with Crippen LogP contribution in [0.5, 0.6) is 0 Å². The van der Waals surface area contributed by atoms with Gasteiger partial charge in [-0.1, -0.05) is 63.6 Å². The van der Waals surface area contributed by atoms with Gasteiger partial charge in [0, 0.05) is 4.88 Å². The lowest BCUT2D eigenvalue weighted by Gasteiger charge is -2.22. The molecule has 3 heteroatoms. The van der Waals surface area contributed by atoms with E-state index in [4.69, 9.17) is 11.6 Å². The molecule has 1 unspecified atom stereocenters. The third kappa shape index (κ3) is 3.43. The highest BCUT2D eigenvalue weighted by molar-refractivity contribution is 7.10. The third-order valence-corrected chi connectivity index (χ3v) is 4.85. The molecule has 2 aromatic rings. The van der Waals surface area contributed by atoms with E-state index in [0.29, 0.717) is 0 Å². The lowest BCUT2D eigenvalue weighted by Crippen LogP contribution is -2.21. The molecule has 0 aliphatic heterocycles. The number of hydrogen-bond donors (Lipinski definition) is 1. The van der Waals surface area contributed by atoms with E-state index >= 15 is 0 Å². The van der Waals surface area contributed by atoms with Crippen molar-refractivity contribution in [3.63, 3.8) is 0 Å². The summed E-state index contributed by atoms with van der Waals surface area (Å²) in [5.41, 5.74) is 2.81. The second-order valence-corrected chi connectivity index (χ2v) is 7.35. The number of rotatable bonds is 4. The van der Waals surface area contributed by atoms with Crippen LogP contribution < -0.4 is 5.32 Å². The minimum atomic E-state index is 0.182. The Morgan fingerprint density at radius 2 is 1.80 bits per heavy atom. The van der Waals surface area contributed by atoms with Gasteiger partial charge in [-0.15, -0.1) is 11.3 Å². The zero-order chi connectivity index (χ0) is 14.8. The van der Waals surface area contributed by atoms with E-state index in [2.05, 4.69) is 57.3 Å². The molecule has 1 aromatic heterocycles. The van der Waals surface area contributed by atoms with Crippen molar-refractivity contribution in [3.8, 4) is 0 Å². The summed E-state index contributed by atoms with van der Waals surface area (Å²) in [4.78, 5) is 1.19. The van der Waals surface area contributed by atoms with Crippen LogP contribution in [-0.2, 0) is 5.41 Å². The second kappa shape index (κ2) is 6.30. The normalized spacial score (nSPS) is 13.4. The average molecular weight is 308 g/mol. The molecule has 1 aromatic carbocycles. The summed E-state index contributed by atoms with van der Waals surface area (Å²) in [5.74, 6) is 0. The maximum atomic E-state index is 6.29. The molecule has 2 rings (SSSR count).